The van der Waals surface area contributed by atoms with E-state index in [1.165, 1.54) is 18.3 Å². The van der Waals surface area contributed by atoms with Crippen molar-refractivity contribution in [3.63, 3.8) is 0 Å². The smallest absolute Gasteiger partial charge is 0.416 e. The Balaban J connectivity index is 1.44. The molecule has 1 aliphatic heterocycles. The molecule has 1 amide bonds. The van der Waals surface area contributed by atoms with E-state index in [9.17, 15) is 22.8 Å². The van der Waals surface area contributed by atoms with Crippen LogP contribution in [-0.2, 0) is 15.7 Å². The zero-order valence-electron chi connectivity index (χ0n) is 20.9. The van der Waals surface area contributed by atoms with Gasteiger partial charge in [-0.1, -0.05) is 24.3 Å². The van der Waals surface area contributed by atoms with E-state index in [1.54, 1.807) is 47.4 Å². The fraction of sp³-hybridized carbons (Fsp3) is 0.214. The van der Waals surface area contributed by atoms with E-state index in [2.05, 4.69) is 26.0 Å². The fourth-order valence-corrected chi connectivity index (χ4v) is 4.65. The summed E-state index contributed by atoms with van der Waals surface area (Å²) in [5.74, 6) is 0.255. The number of hydrogen-bond donors (Lipinski definition) is 0. The molecule has 1 aromatic heterocycles. The van der Waals surface area contributed by atoms with Crippen LogP contribution in [0.5, 0.6) is 5.75 Å². The van der Waals surface area contributed by atoms with E-state index in [1.807, 2.05) is 0 Å². The third-order valence-electron chi connectivity index (χ3n) is 6.20. The Labute approximate surface area is 234 Å². The van der Waals surface area contributed by atoms with Crippen molar-refractivity contribution in [2.45, 2.75) is 6.18 Å². The van der Waals surface area contributed by atoms with Crippen molar-refractivity contribution in [3.05, 3.63) is 92.7 Å². The van der Waals surface area contributed by atoms with Crippen LogP contribution in [0.25, 0.3) is 22.3 Å². The van der Waals surface area contributed by atoms with E-state index in [0.29, 0.717) is 47.6 Å². The van der Waals surface area contributed by atoms with Crippen LogP contribution in [0.3, 0.4) is 0 Å². The number of para-hydroxylation sites is 1. The summed E-state index contributed by atoms with van der Waals surface area (Å²) < 4.78 is 52.6. The van der Waals surface area contributed by atoms with E-state index in [0.717, 1.165) is 16.8 Å². The number of morpholine rings is 1. The van der Waals surface area contributed by atoms with Gasteiger partial charge in [-0.3, -0.25) is 9.59 Å². The van der Waals surface area contributed by atoms with Crippen molar-refractivity contribution in [3.8, 4) is 17.1 Å². The minimum atomic E-state index is -4.57. The number of benzene rings is 3. The number of alkyl halides is 3. The second-order valence-electron chi connectivity index (χ2n) is 8.86. The van der Waals surface area contributed by atoms with Gasteiger partial charge in [0.15, 0.2) is 12.4 Å². The highest BCUT2D eigenvalue weighted by molar-refractivity contribution is 9.10. The quantitative estimate of drug-likeness (QED) is 0.286. The summed E-state index contributed by atoms with van der Waals surface area (Å²) in [6, 6.07) is 16.1. The molecule has 1 fully saturated rings. The lowest BCUT2D eigenvalue weighted by Crippen LogP contribution is -2.43. The number of hydrogen-bond acceptors (Lipinski definition) is 6. The Bertz CT molecular complexity index is 1650. The number of amides is 1. The molecule has 0 bridgehead atoms. The third-order valence-corrected chi connectivity index (χ3v) is 6.81. The van der Waals surface area contributed by atoms with Crippen molar-refractivity contribution in [2.24, 2.45) is 5.10 Å². The number of carbonyl (C=O) groups excluding carboxylic acids is 1. The van der Waals surface area contributed by atoms with Crippen LogP contribution < -0.4 is 10.3 Å². The lowest BCUT2D eigenvalue weighted by Gasteiger charge is -2.26. The van der Waals surface area contributed by atoms with Gasteiger partial charge < -0.3 is 14.4 Å². The first-order chi connectivity index (χ1) is 19.2. The minimum Gasteiger partial charge on any atom is -0.483 e. The number of rotatable bonds is 6. The molecule has 40 heavy (non-hydrogen) atoms. The Morgan fingerprint density at radius 3 is 2.60 bits per heavy atom. The molecule has 0 atom stereocenters. The molecule has 5 rings (SSSR count). The SMILES string of the molecule is O=C(COc1ccc(C=Nn2c(-c3cccc(C(F)(F)F)c3)nc3ccccc3c2=O)cc1Br)N1CCOCC1. The predicted molar refractivity (Wildman–Crippen MR) is 146 cm³/mol. The summed E-state index contributed by atoms with van der Waals surface area (Å²) in [6.45, 7) is 1.89. The summed E-state index contributed by atoms with van der Waals surface area (Å²) in [6.07, 6.45) is -3.17. The van der Waals surface area contributed by atoms with Gasteiger partial charge in [0, 0.05) is 18.7 Å². The Kier molecular flexibility index (Phi) is 7.99. The van der Waals surface area contributed by atoms with Crippen molar-refractivity contribution < 1.29 is 27.4 Å². The molecule has 0 spiro atoms. The molecular weight excluding hydrogens is 593 g/mol. The highest BCUT2D eigenvalue weighted by Gasteiger charge is 2.31. The summed E-state index contributed by atoms with van der Waals surface area (Å²) in [5, 5.41) is 4.57. The van der Waals surface area contributed by atoms with Crippen LogP contribution in [0.1, 0.15) is 11.1 Å². The summed E-state index contributed by atoms with van der Waals surface area (Å²) >= 11 is 3.43. The zero-order valence-corrected chi connectivity index (χ0v) is 22.5. The number of ether oxygens (including phenoxy) is 2. The molecule has 206 valence electrons. The summed E-state index contributed by atoms with van der Waals surface area (Å²) in [7, 11) is 0. The molecular formula is C28H22BrF3N4O4. The Morgan fingerprint density at radius 1 is 1.07 bits per heavy atom. The van der Waals surface area contributed by atoms with Gasteiger partial charge in [-0.2, -0.15) is 22.9 Å². The lowest BCUT2D eigenvalue weighted by molar-refractivity contribution is -0.138. The van der Waals surface area contributed by atoms with Crippen LogP contribution in [-0.4, -0.2) is 59.6 Å². The van der Waals surface area contributed by atoms with E-state index >= 15 is 0 Å². The Hall–Kier alpha value is -4.03. The molecule has 1 aliphatic rings. The average Bonchev–Trinajstić information content (AvgIpc) is 2.96. The second-order valence-corrected chi connectivity index (χ2v) is 9.72. The highest BCUT2D eigenvalue weighted by atomic mass is 79.9. The minimum absolute atomic E-state index is 0.0355. The average molecular weight is 615 g/mol. The monoisotopic (exact) mass is 614 g/mol. The van der Waals surface area contributed by atoms with E-state index in [4.69, 9.17) is 9.47 Å². The number of fused-ring (bicyclic) bond motifs is 1. The number of nitrogens with zero attached hydrogens (tertiary/aromatic N) is 4. The number of aromatic nitrogens is 2. The van der Waals surface area contributed by atoms with Gasteiger partial charge in [-0.15, -0.1) is 0 Å². The van der Waals surface area contributed by atoms with Crippen LogP contribution in [0.15, 0.2) is 81.1 Å². The molecule has 2 heterocycles. The molecule has 1 saturated heterocycles. The number of carbonyl (C=O) groups is 1. The molecule has 3 aromatic carbocycles. The normalized spacial score (nSPS) is 14.2. The van der Waals surface area contributed by atoms with Crippen LogP contribution >= 0.6 is 15.9 Å². The van der Waals surface area contributed by atoms with Gasteiger partial charge in [0.05, 0.1) is 40.4 Å². The first-order valence-corrected chi connectivity index (χ1v) is 13.0. The van der Waals surface area contributed by atoms with Gasteiger partial charge in [0.1, 0.15) is 5.75 Å². The largest absolute Gasteiger partial charge is 0.483 e. The second kappa shape index (κ2) is 11.6. The maximum atomic E-state index is 13.4. The first-order valence-electron chi connectivity index (χ1n) is 12.2. The summed E-state index contributed by atoms with van der Waals surface area (Å²) in [4.78, 5) is 31.8. The van der Waals surface area contributed by atoms with Gasteiger partial charge >= 0.3 is 6.18 Å². The van der Waals surface area contributed by atoms with Crippen molar-refractivity contribution in [1.82, 2.24) is 14.6 Å². The molecule has 0 N–H and O–H groups in total. The zero-order chi connectivity index (χ0) is 28.3. The molecule has 12 heteroatoms. The van der Waals surface area contributed by atoms with Crippen molar-refractivity contribution >= 4 is 39.0 Å². The number of halogens is 4. The lowest BCUT2D eigenvalue weighted by atomic mass is 10.1. The van der Waals surface area contributed by atoms with Gasteiger partial charge in [-0.25, -0.2) is 4.98 Å². The molecule has 8 nitrogen and oxygen atoms in total. The maximum absolute atomic E-state index is 13.4. The van der Waals surface area contributed by atoms with Gasteiger partial charge in [0.2, 0.25) is 0 Å². The van der Waals surface area contributed by atoms with Crippen molar-refractivity contribution in [1.29, 1.82) is 0 Å². The van der Waals surface area contributed by atoms with Crippen molar-refractivity contribution in [2.75, 3.05) is 32.9 Å². The maximum Gasteiger partial charge on any atom is 0.416 e. The van der Waals surface area contributed by atoms with Crippen LogP contribution in [0, 0.1) is 0 Å². The van der Waals surface area contributed by atoms with Crippen LogP contribution in [0.4, 0.5) is 13.2 Å². The topological polar surface area (TPSA) is 86.0 Å². The fourth-order valence-electron chi connectivity index (χ4n) is 4.13. The predicted octanol–water partition coefficient (Wildman–Crippen LogP) is 4.96. The van der Waals surface area contributed by atoms with E-state index in [-0.39, 0.29) is 29.3 Å². The standard InChI is InChI=1S/C28H22BrF3N4O4/c29-22-14-18(8-9-24(22)40-17-25(37)35-10-12-39-13-11-35)16-33-36-26(19-4-3-5-20(15-19)28(30,31)32)34-23-7-2-1-6-21(23)27(36)38/h1-9,14-16H,10-13,17H2. The Morgan fingerprint density at radius 2 is 1.85 bits per heavy atom. The molecule has 0 saturated carbocycles. The summed E-state index contributed by atoms with van der Waals surface area (Å²) in [5.41, 5.74) is -0.412. The molecule has 0 unspecified atom stereocenters. The van der Waals surface area contributed by atoms with Crippen LogP contribution in [0.2, 0.25) is 0 Å². The van der Waals surface area contributed by atoms with Gasteiger partial charge in [0.25, 0.3) is 11.5 Å². The molecule has 0 aliphatic carbocycles. The van der Waals surface area contributed by atoms with E-state index < -0.39 is 17.3 Å². The molecule has 4 aromatic rings. The first kappa shape index (κ1) is 27.5. The molecule has 0 radical (unpaired) electrons. The highest BCUT2D eigenvalue weighted by Crippen LogP contribution is 2.32. The third kappa shape index (κ3) is 6.07. The van der Waals surface area contributed by atoms with Gasteiger partial charge in [-0.05, 0) is 64.0 Å².